The summed E-state index contributed by atoms with van der Waals surface area (Å²) in [6.07, 6.45) is 6.74. The number of allylic oxidation sites excluding steroid dienone is 1. The summed E-state index contributed by atoms with van der Waals surface area (Å²) in [5.74, 6) is -0.464. The predicted molar refractivity (Wildman–Crippen MR) is 60.2 cm³/mol. The number of hydrogen-bond acceptors (Lipinski definition) is 4. The maximum Gasteiger partial charge on any atom is 0.188 e. The molecule has 4 heteroatoms. The maximum absolute atomic E-state index is 9.69. The summed E-state index contributed by atoms with van der Waals surface area (Å²) >= 11 is 4.12. The molecule has 80 valence electrons. The number of nitrogens with two attached hydrogens (primary N) is 1. The van der Waals surface area contributed by atoms with Crippen molar-refractivity contribution in [2.75, 3.05) is 12.9 Å². The van der Waals surface area contributed by atoms with Crippen LogP contribution in [0.25, 0.3) is 0 Å². The van der Waals surface area contributed by atoms with Crippen LogP contribution in [0.5, 0.6) is 0 Å². The summed E-state index contributed by atoms with van der Waals surface area (Å²) in [6.45, 7) is 0. The Kier molecular flexibility index (Phi) is 4.19. The highest BCUT2D eigenvalue weighted by molar-refractivity contribution is 7.80. The quantitative estimate of drug-likeness (QED) is 0.481. The van der Waals surface area contributed by atoms with Gasteiger partial charge in [-0.2, -0.15) is 12.6 Å². The largest absolute Gasteiger partial charge is 0.362 e. The molecular weight excluding hydrogens is 198 g/mol. The number of methoxy groups -OCH3 is 1. The summed E-state index contributed by atoms with van der Waals surface area (Å²) in [5, 5.41) is 9.69. The van der Waals surface area contributed by atoms with Gasteiger partial charge >= 0.3 is 0 Å². The fourth-order valence-corrected chi connectivity index (χ4v) is 1.45. The van der Waals surface area contributed by atoms with Gasteiger partial charge in [0, 0.05) is 25.3 Å². The summed E-state index contributed by atoms with van der Waals surface area (Å²) in [4.78, 5) is 0. The normalized spacial score (nSPS) is 28.7. The van der Waals surface area contributed by atoms with E-state index in [1.165, 1.54) is 7.11 Å². The third-order valence-electron chi connectivity index (χ3n) is 2.30. The van der Waals surface area contributed by atoms with E-state index >= 15 is 0 Å². The fraction of sp³-hybridized carbons (Fsp3) is 0.600. The van der Waals surface area contributed by atoms with Gasteiger partial charge in [-0.25, -0.2) is 0 Å². The lowest BCUT2D eigenvalue weighted by molar-refractivity contribution is -0.143. The van der Waals surface area contributed by atoms with Crippen molar-refractivity contribution in [3.8, 4) is 0 Å². The summed E-state index contributed by atoms with van der Waals surface area (Å²) in [7, 11) is 1.49. The van der Waals surface area contributed by atoms with Crippen LogP contribution in [0.1, 0.15) is 12.8 Å². The van der Waals surface area contributed by atoms with Crippen LogP contribution in [-0.4, -0.2) is 29.8 Å². The molecule has 3 N–H and O–H groups in total. The molecule has 1 aliphatic rings. The average molecular weight is 215 g/mol. The Morgan fingerprint density at radius 2 is 2.50 bits per heavy atom. The third kappa shape index (κ3) is 3.13. The van der Waals surface area contributed by atoms with Crippen molar-refractivity contribution >= 4 is 12.6 Å². The molecule has 0 heterocycles. The molecule has 0 bridgehead atoms. The lowest BCUT2D eigenvalue weighted by atomic mass is 9.98. The highest BCUT2D eigenvalue weighted by Crippen LogP contribution is 2.23. The Morgan fingerprint density at radius 1 is 1.79 bits per heavy atom. The van der Waals surface area contributed by atoms with Crippen molar-refractivity contribution < 1.29 is 9.84 Å². The van der Waals surface area contributed by atoms with E-state index in [0.29, 0.717) is 12.2 Å². The second-order valence-corrected chi connectivity index (χ2v) is 3.88. The van der Waals surface area contributed by atoms with Crippen LogP contribution < -0.4 is 5.73 Å². The SMILES string of the molecule is COC1(O)C=CC(C[C@H](N)CS)=CC1. The minimum atomic E-state index is -1.13. The monoisotopic (exact) mass is 215 g/mol. The van der Waals surface area contributed by atoms with E-state index in [1.54, 1.807) is 6.08 Å². The highest BCUT2D eigenvalue weighted by atomic mass is 32.1. The van der Waals surface area contributed by atoms with Gasteiger partial charge in [-0.15, -0.1) is 0 Å². The maximum atomic E-state index is 9.69. The van der Waals surface area contributed by atoms with Crippen molar-refractivity contribution in [1.82, 2.24) is 0 Å². The fourth-order valence-electron chi connectivity index (χ4n) is 1.32. The minimum Gasteiger partial charge on any atom is -0.362 e. The first kappa shape index (κ1) is 11.8. The molecule has 0 radical (unpaired) electrons. The van der Waals surface area contributed by atoms with Crippen molar-refractivity contribution in [3.05, 3.63) is 23.8 Å². The van der Waals surface area contributed by atoms with Crippen LogP contribution in [0.15, 0.2) is 23.8 Å². The van der Waals surface area contributed by atoms with Gasteiger partial charge in [-0.1, -0.05) is 17.7 Å². The van der Waals surface area contributed by atoms with Gasteiger partial charge in [0.05, 0.1) is 0 Å². The van der Waals surface area contributed by atoms with Crippen LogP contribution in [0, 0.1) is 0 Å². The Bertz CT molecular complexity index is 253. The molecule has 1 rings (SSSR count). The molecule has 0 aromatic heterocycles. The van der Waals surface area contributed by atoms with Crippen LogP contribution in [-0.2, 0) is 4.74 Å². The smallest absolute Gasteiger partial charge is 0.188 e. The number of thiol groups is 1. The molecule has 0 aromatic carbocycles. The zero-order valence-electron chi connectivity index (χ0n) is 8.31. The molecule has 1 aliphatic carbocycles. The first-order valence-electron chi connectivity index (χ1n) is 4.62. The molecule has 0 saturated carbocycles. The summed E-state index contributed by atoms with van der Waals surface area (Å²) < 4.78 is 4.94. The van der Waals surface area contributed by atoms with E-state index in [4.69, 9.17) is 10.5 Å². The van der Waals surface area contributed by atoms with Crippen molar-refractivity contribution in [3.63, 3.8) is 0 Å². The zero-order chi connectivity index (χ0) is 10.6. The lowest BCUT2D eigenvalue weighted by Gasteiger charge is -2.25. The topological polar surface area (TPSA) is 55.5 Å². The van der Waals surface area contributed by atoms with Crippen LogP contribution in [0.4, 0.5) is 0 Å². The van der Waals surface area contributed by atoms with E-state index in [1.807, 2.05) is 12.2 Å². The average Bonchev–Trinajstić information content (AvgIpc) is 2.21. The van der Waals surface area contributed by atoms with Gasteiger partial charge in [-0.3, -0.25) is 0 Å². The molecule has 0 spiro atoms. The molecular formula is C10H17NO2S. The van der Waals surface area contributed by atoms with Crippen molar-refractivity contribution in [2.45, 2.75) is 24.7 Å². The predicted octanol–water partition coefficient (Wildman–Crippen LogP) is 0.855. The number of hydrogen-bond donors (Lipinski definition) is 3. The molecule has 1 unspecified atom stereocenters. The Labute approximate surface area is 90.0 Å². The molecule has 14 heavy (non-hydrogen) atoms. The first-order chi connectivity index (χ1) is 6.59. The second-order valence-electron chi connectivity index (χ2n) is 3.51. The van der Waals surface area contributed by atoms with Gasteiger partial charge in [0.15, 0.2) is 5.79 Å². The van der Waals surface area contributed by atoms with E-state index < -0.39 is 5.79 Å². The van der Waals surface area contributed by atoms with Crippen molar-refractivity contribution in [1.29, 1.82) is 0 Å². The molecule has 0 aromatic rings. The third-order valence-corrected chi connectivity index (χ3v) is 2.77. The molecule has 0 saturated heterocycles. The van der Waals surface area contributed by atoms with Gasteiger partial charge in [0.25, 0.3) is 0 Å². The number of rotatable bonds is 4. The van der Waals surface area contributed by atoms with Crippen molar-refractivity contribution in [2.24, 2.45) is 5.73 Å². The van der Waals surface area contributed by atoms with Crippen LogP contribution in [0.3, 0.4) is 0 Å². The molecule has 0 amide bonds. The van der Waals surface area contributed by atoms with Gasteiger partial charge in [-0.05, 0) is 12.5 Å². The first-order valence-corrected chi connectivity index (χ1v) is 5.25. The van der Waals surface area contributed by atoms with E-state index in [2.05, 4.69) is 12.6 Å². The minimum absolute atomic E-state index is 0.0722. The van der Waals surface area contributed by atoms with Crippen LogP contribution >= 0.6 is 12.6 Å². The highest BCUT2D eigenvalue weighted by Gasteiger charge is 2.24. The molecule has 2 atom stereocenters. The van der Waals surface area contributed by atoms with Crippen LogP contribution in [0.2, 0.25) is 0 Å². The lowest BCUT2D eigenvalue weighted by Crippen LogP contribution is -2.30. The van der Waals surface area contributed by atoms with Gasteiger partial charge in [0.1, 0.15) is 0 Å². The Morgan fingerprint density at radius 3 is 2.93 bits per heavy atom. The summed E-state index contributed by atoms with van der Waals surface area (Å²) in [6, 6.07) is 0.0722. The summed E-state index contributed by atoms with van der Waals surface area (Å²) in [5.41, 5.74) is 6.89. The number of aliphatic hydroxyl groups is 1. The Balaban J connectivity index is 2.51. The molecule has 3 nitrogen and oxygen atoms in total. The second kappa shape index (κ2) is 4.98. The number of ether oxygens (including phenoxy) is 1. The zero-order valence-corrected chi connectivity index (χ0v) is 9.21. The van der Waals surface area contributed by atoms with Gasteiger partial charge < -0.3 is 15.6 Å². The standard InChI is InChI=1S/C10H17NO2S/c1-13-10(12)4-2-8(3-5-10)6-9(11)7-14/h2-4,9,12,14H,5-7,11H2,1H3/t9-,10?/m0/s1. The Hall–Kier alpha value is -0.290. The van der Waals surface area contributed by atoms with Gasteiger partial charge in [0.2, 0.25) is 0 Å². The van der Waals surface area contributed by atoms with E-state index in [-0.39, 0.29) is 6.04 Å². The molecule has 0 fully saturated rings. The molecule has 0 aliphatic heterocycles. The van der Waals surface area contributed by atoms with E-state index in [9.17, 15) is 5.11 Å². The van der Waals surface area contributed by atoms with E-state index in [0.717, 1.165) is 12.0 Å².